The highest BCUT2D eigenvalue weighted by Gasteiger charge is 2.33. The lowest BCUT2D eigenvalue weighted by Gasteiger charge is -2.13. The van der Waals surface area contributed by atoms with Crippen molar-refractivity contribution in [2.75, 3.05) is 11.1 Å². The minimum Gasteiger partial charge on any atom is -0.390 e. The number of para-hydroxylation sites is 1. The predicted octanol–water partition coefficient (Wildman–Crippen LogP) is 4.48. The molecule has 0 aliphatic carbocycles. The van der Waals surface area contributed by atoms with Gasteiger partial charge in [0, 0.05) is 12.7 Å². The quantitative estimate of drug-likeness (QED) is 0.537. The molecule has 0 aliphatic heterocycles. The number of nitrogens with one attached hydrogen (secondary N) is 1. The molecule has 0 atom stereocenters. The van der Waals surface area contributed by atoms with E-state index >= 15 is 0 Å². The Morgan fingerprint density at radius 3 is 2.53 bits per heavy atom. The largest absolute Gasteiger partial charge is 0.418 e. The lowest BCUT2D eigenvalue weighted by molar-refractivity contribution is -0.137. The van der Waals surface area contributed by atoms with Crippen LogP contribution in [0.15, 0.2) is 59.9 Å². The number of hydrogen-bond donors (Lipinski definition) is 2. The summed E-state index contributed by atoms with van der Waals surface area (Å²) in [6.07, 6.45) is -2.86. The molecule has 1 amide bonds. The molecule has 9 heteroatoms. The zero-order chi connectivity index (χ0) is 21.7. The summed E-state index contributed by atoms with van der Waals surface area (Å²) in [6.45, 7) is 2.23. The number of rotatable bonds is 7. The first-order valence-electron chi connectivity index (χ1n) is 9.07. The van der Waals surface area contributed by atoms with Crippen LogP contribution >= 0.6 is 11.8 Å². The molecule has 158 valence electrons. The molecule has 0 saturated heterocycles. The maximum atomic E-state index is 13.1. The van der Waals surface area contributed by atoms with E-state index in [4.69, 9.17) is 0 Å². The van der Waals surface area contributed by atoms with Gasteiger partial charge in [-0.15, -0.1) is 0 Å². The fourth-order valence-corrected chi connectivity index (χ4v) is 3.60. The molecule has 2 aromatic carbocycles. The standard InChI is InChI=1S/C21H20F3N3O2S/c1-14-6-8-15(9-7-14)10-27-11-16(12-28)25-20(27)30-13-19(29)26-18-5-3-2-4-17(18)21(22,23)24/h2-9,11,28H,10,12-13H2,1H3,(H,26,29). The van der Waals surface area contributed by atoms with E-state index < -0.39 is 17.6 Å². The van der Waals surface area contributed by atoms with E-state index in [9.17, 15) is 23.1 Å². The van der Waals surface area contributed by atoms with Crippen LogP contribution in [-0.2, 0) is 24.1 Å². The van der Waals surface area contributed by atoms with Crippen LogP contribution in [0, 0.1) is 6.92 Å². The second-order valence-corrected chi connectivity index (χ2v) is 7.61. The molecule has 0 radical (unpaired) electrons. The van der Waals surface area contributed by atoms with E-state index in [0.29, 0.717) is 17.4 Å². The molecule has 30 heavy (non-hydrogen) atoms. The second-order valence-electron chi connectivity index (χ2n) is 6.67. The number of amides is 1. The van der Waals surface area contributed by atoms with Crippen LogP contribution in [-0.4, -0.2) is 26.3 Å². The zero-order valence-electron chi connectivity index (χ0n) is 16.1. The smallest absolute Gasteiger partial charge is 0.390 e. The summed E-state index contributed by atoms with van der Waals surface area (Å²) in [7, 11) is 0. The highest BCUT2D eigenvalue weighted by atomic mass is 32.2. The Kier molecular flexibility index (Phi) is 6.84. The van der Waals surface area contributed by atoms with Gasteiger partial charge >= 0.3 is 6.18 Å². The highest BCUT2D eigenvalue weighted by Crippen LogP contribution is 2.34. The normalized spacial score (nSPS) is 11.5. The summed E-state index contributed by atoms with van der Waals surface area (Å²) in [5.41, 5.74) is 1.42. The number of aliphatic hydroxyl groups is 1. The molecule has 3 aromatic rings. The summed E-state index contributed by atoms with van der Waals surface area (Å²) < 4.78 is 41.1. The van der Waals surface area contributed by atoms with Gasteiger partial charge in [0.1, 0.15) is 0 Å². The van der Waals surface area contributed by atoms with Crippen molar-refractivity contribution in [1.29, 1.82) is 0 Å². The van der Waals surface area contributed by atoms with E-state index in [-0.39, 0.29) is 18.0 Å². The van der Waals surface area contributed by atoms with Crippen LogP contribution in [0.4, 0.5) is 18.9 Å². The number of imidazole rings is 1. The van der Waals surface area contributed by atoms with Crippen molar-refractivity contribution in [3.63, 3.8) is 0 Å². The molecule has 0 bridgehead atoms. The van der Waals surface area contributed by atoms with Gasteiger partial charge in [0.05, 0.1) is 29.3 Å². The van der Waals surface area contributed by atoms with Gasteiger partial charge in [-0.1, -0.05) is 53.7 Å². The monoisotopic (exact) mass is 435 g/mol. The molecular formula is C21H20F3N3O2S. The molecule has 0 fully saturated rings. The Labute approximate surface area is 175 Å². The van der Waals surface area contributed by atoms with Crippen LogP contribution in [0.5, 0.6) is 0 Å². The minimum atomic E-state index is -4.56. The molecule has 3 rings (SSSR count). The minimum absolute atomic E-state index is 0.123. The number of aromatic nitrogens is 2. The first-order valence-corrected chi connectivity index (χ1v) is 10.1. The summed E-state index contributed by atoms with van der Waals surface area (Å²) in [5.74, 6) is -0.700. The number of hydrogen-bond acceptors (Lipinski definition) is 4. The van der Waals surface area contributed by atoms with Gasteiger partial charge in [-0.05, 0) is 24.6 Å². The highest BCUT2D eigenvalue weighted by molar-refractivity contribution is 7.99. The van der Waals surface area contributed by atoms with Crippen LogP contribution in [0.25, 0.3) is 0 Å². The summed E-state index contributed by atoms with van der Waals surface area (Å²) >= 11 is 1.09. The van der Waals surface area contributed by atoms with Crippen molar-refractivity contribution in [2.24, 2.45) is 0 Å². The van der Waals surface area contributed by atoms with Crippen LogP contribution < -0.4 is 5.32 Å². The van der Waals surface area contributed by atoms with Crippen LogP contribution in [0.3, 0.4) is 0 Å². The van der Waals surface area contributed by atoms with Crippen molar-refractivity contribution in [3.8, 4) is 0 Å². The first kappa shape index (κ1) is 21.9. The van der Waals surface area contributed by atoms with E-state index in [2.05, 4.69) is 10.3 Å². The maximum absolute atomic E-state index is 13.1. The first-order chi connectivity index (χ1) is 14.3. The number of nitrogens with zero attached hydrogens (tertiary/aromatic N) is 2. The van der Waals surface area contributed by atoms with Crippen molar-refractivity contribution in [2.45, 2.75) is 31.4 Å². The van der Waals surface area contributed by atoms with Gasteiger partial charge in [-0.25, -0.2) is 4.98 Å². The third-order valence-corrected chi connectivity index (χ3v) is 5.25. The zero-order valence-corrected chi connectivity index (χ0v) is 16.9. The van der Waals surface area contributed by atoms with Crippen LogP contribution in [0.1, 0.15) is 22.4 Å². The molecule has 2 N–H and O–H groups in total. The van der Waals surface area contributed by atoms with Gasteiger partial charge in [-0.3, -0.25) is 4.79 Å². The average molecular weight is 435 g/mol. The number of alkyl halides is 3. The Balaban J connectivity index is 1.69. The number of carbonyl (C=O) groups is 1. The Bertz CT molecular complexity index is 1020. The third-order valence-electron chi connectivity index (χ3n) is 4.26. The number of thioether (sulfide) groups is 1. The van der Waals surface area contributed by atoms with Gasteiger partial charge < -0.3 is 15.0 Å². The van der Waals surface area contributed by atoms with E-state index in [0.717, 1.165) is 29.0 Å². The van der Waals surface area contributed by atoms with Gasteiger partial charge in [0.2, 0.25) is 5.91 Å². The van der Waals surface area contributed by atoms with E-state index in [1.807, 2.05) is 31.2 Å². The molecule has 0 spiro atoms. The lowest BCUT2D eigenvalue weighted by atomic mass is 10.1. The number of carbonyl (C=O) groups excluding carboxylic acids is 1. The molecule has 5 nitrogen and oxygen atoms in total. The van der Waals surface area contributed by atoms with Gasteiger partial charge in [-0.2, -0.15) is 13.2 Å². The molecule has 0 unspecified atom stereocenters. The second kappa shape index (κ2) is 9.36. The number of anilines is 1. The molecule has 0 aliphatic rings. The van der Waals surface area contributed by atoms with Gasteiger partial charge in [0.15, 0.2) is 5.16 Å². The van der Waals surface area contributed by atoms with Crippen molar-refractivity contribution in [3.05, 3.63) is 77.1 Å². The number of aliphatic hydroxyl groups excluding tert-OH is 1. The topological polar surface area (TPSA) is 67.1 Å². The van der Waals surface area contributed by atoms with Crippen molar-refractivity contribution >= 4 is 23.4 Å². The Morgan fingerprint density at radius 1 is 1.17 bits per heavy atom. The predicted molar refractivity (Wildman–Crippen MR) is 109 cm³/mol. The summed E-state index contributed by atoms with van der Waals surface area (Å²) in [6, 6.07) is 12.8. The van der Waals surface area contributed by atoms with Crippen LogP contribution in [0.2, 0.25) is 0 Å². The van der Waals surface area contributed by atoms with E-state index in [1.165, 1.54) is 18.2 Å². The maximum Gasteiger partial charge on any atom is 0.418 e. The molecular weight excluding hydrogens is 415 g/mol. The molecule has 1 heterocycles. The fraction of sp³-hybridized carbons (Fsp3) is 0.238. The molecule has 0 saturated carbocycles. The lowest BCUT2D eigenvalue weighted by Crippen LogP contribution is -2.18. The molecule has 1 aromatic heterocycles. The summed E-state index contributed by atoms with van der Waals surface area (Å²) in [5, 5.41) is 12.2. The van der Waals surface area contributed by atoms with E-state index in [1.54, 1.807) is 10.8 Å². The number of halogens is 3. The van der Waals surface area contributed by atoms with Crippen molar-refractivity contribution < 1.29 is 23.1 Å². The van der Waals surface area contributed by atoms with Gasteiger partial charge in [0.25, 0.3) is 0 Å². The average Bonchev–Trinajstić information content (AvgIpc) is 3.09. The fourth-order valence-electron chi connectivity index (χ4n) is 2.80. The summed E-state index contributed by atoms with van der Waals surface area (Å²) in [4.78, 5) is 16.6. The Hall–Kier alpha value is -2.78. The van der Waals surface area contributed by atoms with Crippen molar-refractivity contribution in [1.82, 2.24) is 9.55 Å². The number of benzene rings is 2. The Morgan fingerprint density at radius 2 is 1.87 bits per heavy atom. The number of aryl methyl sites for hydroxylation is 1. The third kappa shape index (κ3) is 5.64. The SMILES string of the molecule is Cc1ccc(Cn2cc(CO)nc2SCC(=O)Nc2ccccc2C(F)(F)F)cc1.